The van der Waals surface area contributed by atoms with Crippen molar-refractivity contribution < 1.29 is 44.6 Å². The SMILES string of the molecule is Nc1cc(OC(F)(F)C(F)(F)Br)cc(OC(F)(F)C(F)(F)Br)c1. The van der Waals surface area contributed by atoms with Crippen LogP contribution < -0.4 is 15.2 Å². The summed E-state index contributed by atoms with van der Waals surface area (Å²) in [6.45, 7) is 0. The first kappa shape index (κ1) is 20.1. The normalized spacial score (nSPS) is 13.8. The summed E-state index contributed by atoms with van der Waals surface area (Å²) >= 11 is 2.75. The Bertz CT molecular complexity index is 527. The van der Waals surface area contributed by atoms with Gasteiger partial charge in [0.15, 0.2) is 0 Å². The summed E-state index contributed by atoms with van der Waals surface area (Å²) in [5.41, 5.74) is 4.63. The van der Waals surface area contributed by atoms with Crippen LogP contribution in [0, 0.1) is 0 Å². The second-order valence-corrected chi connectivity index (χ2v) is 5.96. The molecule has 0 aliphatic heterocycles. The van der Waals surface area contributed by atoms with E-state index in [4.69, 9.17) is 5.73 Å². The molecule has 0 fully saturated rings. The van der Waals surface area contributed by atoms with Crippen molar-refractivity contribution in [3.05, 3.63) is 18.2 Å². The van der Waals surface area contributed by atoms with Crippen LogP contribution in [-0.2, 0) is 0 Å². The number of halogens is 10. The van der Waals surface area contributed by atoms with E-state index in [0.29, 0.717) is 12.1 Å². The maximum atomic E-state index is 13.0. The highest BCUT2D eigenvalue weighted by atomic mass is 79.9. The van der Waals surface area contributed by atoms with Crippen molar-refractivity contribution in [2.45, 2.75) is 21.9 Å². The van der Waals surface area contributed by atoms with Crippen LogP contribution in [0.4, 0.5) is 40.8 Å². The Morgan fingerprint density at radius 2 is 1.00 bits per heavy atom. The Morgan fingerprint density at radius 1 is 0.696 bits per heavy atom. The highest BCUT2D eigenvalue weighted by Crippen LogP contribution is 2.44. The van der Waals surface area contributed by atoms with Crippen molar-refractivity contribution in [1.29, 1.82) is 0 Å². The lowest BCUT2D eigenvalue weighted by atomic mass is 10.3. The monoisotopic (exact) mass is 481 g/mol. The van der Waals surface area contributed by atoms with Crippen LogP contribution in [0.25, 0.3) is 0 Å². The fourth-order valence-corrected chi connectivity index (χ4v) is 1.29. The zero-order chi connectivity index (χ0) is 18.3. The molecule has 0 spiro atoms. The third-order valence-electron chi connectivity index (χ3n) is 2.05. The van der Waals surface area contributed by atoms with E-state index in [9.17, 15) is 35.1 Å². The predicted molar refractivity (Wildman–Crippen MR) is 69.8 cm³/mol. The standard InChI is InChI=1S/C10H5Br2F8NO2/c11-7(13,14)9(17,18)22-5-1-4(21)2-6(3-5)23-10(19,20)8(12,15)16/h1-3H,21H2. The average Bonchev–Trinajstić information content (AvgIpc) is 2.22. The van der Waals surface area contributed by atoms with Crippen LogP contribution in [0.1, 0.15) is 0 Å². The molecule has 23 heavy (non-hydrogen) atoms. The number of nitrogen functional groups attached to an aromatic ring is 1. The molecular formula is C10H5Br2F8NO2. The zero-order valence-electron chi connectivity index (χ0n) is 10.4. The Morgan fingerprint density at radius 3 is 1.26 bits per heavy atom. The highest BCUT2D eigenvalue weighted by Gasteiger charge is 2.59. The smallest absolute Gasteiger partial charge is 0.427 e. The van der Waals surface area contributed by atoms with Gasteiger partial charge in [-0.2, -0.15) is 35.1 Å². The summed E-state index contributed by atoms with van der Waals surface area (Å²) in [5, 5.41) is 0. The number of hydrogen-bond donors (Lipinski definition) is 1. The first-order chi connectivity index (χ1) is 10.1. The van der Waals surface area contributed by atoms with Gasteiger partial charge in [0.2, 0.25) is 0 Å². The molecule has 0 aliphatic rings. The van der Waals surface area contributed by atoms with Gasteiger partial charge in [-0.15, -0.1) is 0 Å². The van der Waals surface area contributed by atoms with Gasteiger partial charge in [-0.25, -0.2) is 0 Å². The van der Waals surface area contributed by atoms with Gasteiger partial charge < -0.3 is 15.2 Å². The summed E-state index contributed by atoms with van der Waals surface area (Å²) in [6.07, 6.45) is -10.2. The highest BCUT2D eigenvalue weighted by molar-refractivity contribution is 9.10. The van der Waals surface area contributed by atoms with E-state index in [1.165, 1.54) is 31.9 Å². The Balaban J connectivity index is 3.10. The lowest BCUT2D eigenvalue weighted by Crippen LogP contribution is -2.41. The van der Waals surface area contributed by atoms with Gasteiger partial charge in [-0.3, -0.25) is 0 Å². The van der Waals surface area contributed by atoms with Gasteiger partial charge in [0.25, 0.3) is 0 Å². The largest absolute Gasteiger partial charge is 0.475 e. The molecule has 0 aromatic heterocycles. The van der Waals surface area contributed by atoms with Gasteiger partial charge in [-0.1, -0.05) is 0 Å². The van der Waals surface area contributed by atoms with Crippen LogP contribution in [0.5, 0.6) is 11.5 Å². The molecular weight excluding hydrogens is 478 g/mol. The molecule has 2 N–H and O–H groups in total. The van der Waals surface area contributed by atoms with E-state index in [1.54, 1.807) is 0 Å². The molecule has 3 nitrogen and oxygen atoms in total. The summed E-state index contributed by atoms with van der Waals surface area (Å²) in [4.78, 5) is -9.59. The lowest BCUT2D eigenvalue weighted by Gasteiger charge is -2.24. The van der Waals surface area contributed by atoms with E-state index >= 15 is 0 Å². The second kappa shape index (κ2) is 6.15. The number of alkyl halides is 10. The maximum absolute atomic E-state index is 13.0. The van der Waals surface area contributed by atoms with Gasteiger partial charge in [-0.05, 0) is 0 Å². The molecule has 0 heterocycles. The van der Waals surface area contributed by atoms with Crippen molar-refractivity contribution in [3.63, 3.8) is 0 Å². The van der Waals surface area contributed by atoms with Crippen LogP contribution >= 0.6 is 31.9 Å². The number of anilines is 1. The van der Waals surface area contributed by atoms with Crippen LogP contribution in [-0.4, -0.2) is 21.9 Å². The van der Waals surface area contributed by atoms with Gasteiger partial charge in [0.05, 0.1) is 0 Å². The minimum Gasteiger partial charge on any atom is -0.427 e. The van der Waals surface area contributed by atoms with Crippen LogP contribution in [0.2, 0.25) is 0 Å². The minimum atomic E-state index is -5.08. The van der Waals surface area contributed by atoms with E-state index in [-0.39, 0.29) is 6.07 Å². The second-order valence-electron chi connectivity index (χ2n) is 3.97. The van der Waals surface area contributed by atoms with E-state index in [1.807, 2.05) is 0 Å². The first-order valence-electron chi connectivity index (χ1n) is 5.23. The molecule has 0 bridgehead atoms. The van der Waals surface area contributed by atoms with E-state index < -0.39 is 39.1 Å². The molecule has 0 atom stereocenters. The van der Waals surface area contributed by atoms with E-state index in [2.05, 4.69) is 9.47 Å². The van der Waals surface area contributed by atoms with Gasteiger partial charge in [0, 0.05) is 55.7 Å². The van der Waals surface area contributed by atoms with Crippen LogP contribution in [0.3, 0.4) is 0 Å². The van der Waals surface area contributed by atoms with Crippen molar-refractivity contribution in [2.24, 2.45) is 0 Å². The van der Waals surface area contributed by atoms with Crippen LogP contribution in [0.15, 0.2) is 18.2 Å². The molecule has 1 aromatic rings. The minimum absolute atomic E-state index is 0.260. The number of ether oxygens (including phenoxy) is 2. The number of benzene rings is 1. The summed E-state index contributed by atoms with van der Waals surface area (Å²) < 4.78 is 110. The molecule has 13 heteroatoms. The molecule has 1 rings (SSSR count). The molecule has 132 valence electrons. The Labute approximate surface area is 140 Å². The molecule has 0 radical (unpaired) electrons. The van der Waals surface area contributed by atoms with Gasteiger partial charge >= 0.3 is 21.9 Å². The quantitative estimate of drug-likeness (QED) is 0.345. The van der Waals surface area contributed by atoms with Crippen molar-refractivity contribution in [1.82, 2.24) is 0 Å². The van der Waals surface area contributed by atoms with Crippen molar-refractivity contribution >= 4 is 37.5 Å². The third kappa shape index (κ3) is 4.99. The number of hydrogen-bond acceptors (Lipinski definition) is 3. The topological polar surface area (TPSA) is 44.5 Å². The molecule has 0 unspecified atom stereocenters. The molecule has 1 aromatic carbocycles. The summed E-state index contributed by atoms with van der Waals surface area (Å²) in [5.74, 6) is -2.23. The van der Waals surface area contributed by atoms with Gasteiger partial charge in [0.1, 0.15) is 11.5 Å². The summed E-state index contributed by atoms with van der Waals surface area (Å²) in [7, 11) is 0. The average molecular weight is 483 g/mol. The number of rotatable bonds is 6. The lowest BCUT2D eigenvalue weighted by molar-refractivity contribution is -0.268. The fraction of sp³-hybridized carbons (Fsp3) is 0.400. The Kier molecular flexibility index (Phi) is 5.36. The fourth-order valence-electron chi connectivity index (χ4n) is 1.12. The number of nitrogens with two attached hydrogens (primary N) is 1. The predicted octanol–water partition coefficient (Wildman–Crippen LogP) is 5.19. The van der Waals surface area contributed by atoms with Crippen molar-refractivity contribution in [2.75, 3.05) is 5.73 Å². The molecule has 0 saturated carbocycles. The van der Waals surface area contributed by atoms with Crippen molar-refractivity contribution in [3.8, 4) is 11.5 Å². The third-order valence-corrected chi connectivity index (χ3v) is 2.98. The first-order valence-corrected chi connectivity index (χ1v) is 6.81. The molecule has 0 aliphatic carbocycles. The summed E-state index contributed by atoms with van der Waals surface area (Å²) in [6, 6.07) is 1.41. The maximum Gasteiger partial charge on any atom is 0.475 e. The Hall–Kier alpha value is -0.980. The molecule has 0 amide bonds. The van der Waals surface area contributed by atoms with E-state index in [0.717, 1.165) is 0 Å². The zero-order valence-corrected chi connectivity index (χ0v) is 13.6. The molecule has 0 saturated heterocycles.